The van der Waals surface area contributed by atoms with Crippen LogP contribution in [0.15, 0.2) is 40.0 Å². The second-order valence-electron chi connectivity index (χ2n) is 4.10. The van der Waals surface area contributed by atoms with E-state index in [1.54, 1.807) is 6.07 Å². The largest absolute Gasteiger partial charge is 0.472 e. The van der Waals surface area contributed by atoms with Gasteiger partial charge in [0, 0.05) is 12.1 Å². The van der Waals surface area contributed by atoms with Crippen LogP contribution in [0, 0.1) is 12.7 Å². The highest BCUT2D eigenvalue weighted by Gasteiger charge is 2.18. The Balaban J connectivity index is 2.27. The van der Waals surface area contributed by atoms with Crippen molar-refractivity contribution >= 4 is 15.7 Å². The Hall–Kier alpha value is -1.86. The normalized spacial score (nSPS) is 11.7. The third-order valence-corrected chi connectivity index (χ3v) is 4.17. The van der Waals surface area contributed by atoms with Gasteiger partial charge in [0.25, 0.3) is 0 Å². The van der Waals surface area contributed by atoms with Gasteiger partial charge in [0.15, 0.2) is 0 Å². The summed E-state index contributed by atoms with van der Waals surface area (Å²) in [6, 6.07) is 3.86. The Bertz CT molecular complexity index is 681. The van der Waals surface area contributed by atoms with Crippen molar-refractivity contribution in [1.82, 2.24) is 4.72 Å². The highest BCUT2D eigenvalue weighted by Crippen LogP contribution is 2.21. The van der Waals surface area contributed by atoms with Crippen LogP contribution in [0.5, 0.6) is 0 Å². The van der Waals surface area contributed by atoms with Gasteiger partial charge in [-0.3, -0.25) is 0 Å². The van der Waals surface area contributed by atoms with Crippen molar-refractivity contribution in [2.45, 2.75) is 18.4 Å². The fourth-order valence-corrected chi connectivity index (χ4v) is 2.88. The number of hydrogen-bond acceptors (Lipinski definition) is 4. The summed E-state index contributed by atoms with van der Waals surface area (Å²) in [5.41, 5.74) is 6.18. The Morgan fingerprint density at radius 3 is 2.79 bits per heavy atom. The van der Waals surface area contributed by atoms with Crippen LogP contribution in [-0.4, -0.2) is 8.42 Å². The second kappa shape index (κ2) is 5.02. The van der Waals surface area contributed by atoms with Crippen molar-refractivity contribution in [1.29, 1.82) is 0 Å². The molecule has 0 radical (unpaired) electrons. The summed E-state index contributed by atoms with van der Waals surface area (Å²) in [5.74, 6) is -0.633. The smallest absolute Gasteiger partial charge is 0.241 e. The van der Waals surface area contributed by atoms with Gasteiger partial charge >= 0.3 is 0 Å². The molecule has 1 aromatic carbocycles. The maximum absolute atomic E-state index is 13.2. The summed E-state index contributed by atoms with van der Waals surface area (Å²) in [4.78, 5) is -0.0325. The van der Waals surface area contributed by atoms with E-state index in [4.69, 9.17) is 10.2 Å². The van der Waals surface area contributed by atoms with Crippen molar-refractivity contribution in [2.75, 3.05) is 5.73 Å². The number of benzene rings is 1. The van der Waals surface area contributed by atoms with Gasteiger partial charge < -0.3 is 10.2 Å². The number of sulfonamides is 1. The Kier molecular flexibility index (Phi) is 3.59. The molecule has 0 bridgehead atoms. The molecule has 0 aliphatic rings. The van der Waals surface area contributed by atoms with E-state index in [2.05, 4.69) is 4.72 Å². The summed E-state index contributed by atoms with van der Waals surface area (Å²) in [6.45, 7) is 1.60. The fourth-order valence-electron chi connectivity index (χ4n) is 1.61. The molecule has 19 heavy (non-hydrogen) atoms. The summed E-state index contributed by atoms with van der Waals surface area (Å²) in [7, 11) is -3.74. The number of furan rings is 1. The lowest BCUT2D eigenvalue weighted by Gasteiger charge is -2.10. The predicted molar refractivity (Wildman–Crippen MR) is 68.3 cm³/mol. The molecule has 5 nitrogen and oxygen atoms in total. The van der Waals surface area contributed by atoms with Gasteiger partial charge in [0.05, 0.1) is 23.1 Å². The van der Waals surface area contributed by atoms with Crippen molar-refractivity contribution in [3.05, 3.63) is 47.7 Å². The standard InChI is InChI=1S/C12H13FN2O3S/c1-8-4-10(13)11(14)5-12(8)19(16,17)15-6-9-2-3-18-7-9/h2-5,7,15H,6,14H2,1H3. The minimum atomic E-state index is -3.74. The zero-order valence-electron chi connectivity index (χ0n) is 10.2. The summed E-state index contributed by atoms with van der Waals surface area (Å²) in [6.07, 6.45) is 2.89. The van der Waals surface area contributed by atoms with E-state index >= 15 is 0 Å². The Labute approximate surface area is 110 Å². The molecular weight excluding hydrogens is 271 g/mol. The van der Waals surface area contributed by atoms with Crippen molar-refractivity contribution in [3.63, 3.8) is 0 Å². The molecule has 0 atom stereocenters. The maximum Gasteiger partial charge on any atom is 0.241 e. The first-order valence-corrected chi connectivity index (χ1v) is 6.95. The molecule has 1 aromatic heterocycles. The molecule has 0 saturated carbocycles. The van der Waals surface area contributed by atoms with Crippen LogP contribution < -0.4 is 10.5 Å². The third kappa shape index (κ3) is 2.94. The van der Waals surface area contributed by atoms with Gasteiger partial charge in [0.1, 0.15) is 5.82 Å². The van der Waals surface area contributed by atoms with Gasteiger partial charge in [-0.25, -0.2) is 17.5 Å². The topological polar surface area (TPSA) is 85.3 Å². The van der Waals surface area contributed by atoms with Crippen LogP contribution in [-0.2, 0) is 16.6 Å². The van der Waals surface area contributed by atoms with E-state index in [-0.39, 0.29) is 17.1 Å². The molecule has 0 spiro atoms. The molecule has 2 rings (SSSR count). The SMILES string of the molecule is Cc1cc(F)c(N)cc1S(=O)(=O)NCc1ccoc1. The summed E-state index contributed by atoms with van der Waals surface area (Å²) >= 11 is 0. The van der Waals surface area contributed by atoms with Gasteiger partial charge in [-0.05, 0) is 30.7 Å². The molecule has 0 aliphatic carbocycles. The van der Waals surface area contributed by atoms with Crippen molar-refractivity contribution in [2.24, 2.45) is 0 Å². The molecule has 7 heteroatoms. The minimum absolute atomic E-state index is 0.0325. The fraction of sp³-hybridized carbons (Fsp3) is 0.167. The number of anilines is 1. The zero-order chi connectivity index (χ0) is 14.0. The minimum Gasteiger partial charge on any atom is -0.472 e. The molecule has 1 heterocycles. The van der Waals surface area contributed by atoms with Crippen LogP contribution in [0.4, 0.5) is 10.1 Å². The Morgan fingerprint density at radius 2 is 2.16 bits per heavy atom. The molecule has 0 fully saturated rings. The predicted octanol–water partition coefficient (Wildman–Crippen LogP) is 1.79. The number of nitrogens with two attached hydrogens (primary N) is 1. The second-order valence-corrected chi connectivity index (χ2v) is 5.83. The van der Waals surface area contributed by atoms with Crippen LogP contribution in [0.2, 0.25) is 0 Å². The average molecular weight is 284 g/mol. The lowest BCUT2D eigenvalue weighted by atomic mass is 10.2. The molecule has 0 unspecified atom stereocenters. The Morgan fingerprint density at radius 1 is 1.42 bits per heavy atom. The molecule has 2 aromatic rings. The number of halogens is 1. The monoisotopic (exact) mass is 284 g/mol. The van der Waals surface area contributed by atoms with Crippen LogP contribution in [0.3, 0.4) is 0 Å². The first-order valence-electron chi connectivity index (χ1n) is 5.46. The molecule has 3 N–H and O–H groups in total. The average Bonchev–Trinajstić information content (AvgIpc) is 2.84. The highest BCUT2D eigenvalue weighted by atomic mass is 32.2. The molecular formula is C12H13FN2O3S. The van der Waals surface area contributed by atoms with E-state index < -0.39 is 15.8 Å². The van der Waals surface area contributed by atoms with Gasteiger partial charge in [-0.1, -0.05) is 0 Å². The number of hydrogen-bond donors (Lipinski definition) is 2. The summed E-state index contributed by atoms with van der Waals surface area (Å²) in [5, 5.41) is 0. The number of nitrogens with one attached hydrogen (secondary N) is 1. The van der Waals surface area contributed by atoms with Gasteiger partial charge in [-0.15, -0.1) is 0 Å². The van der Waals surface area contributed by atoms with E-state index in [1.165, 1.54) is 19.5 Å². The first-order chi connectivity index (χ1) is 8.90. The zero-order valence-corrected chi connectivity index (χ0v) is 11.0. The number of rotatable bonds is 4. The van der Waals surface area contributed by atoms with Crippen LogP contribution in [0.1, 0.15) is 11.1 Å². The first kappa shape index (κ1) is 13.6. The van der Waals surface area contributed by atoms with Crippen molar-refractivity contribution in [3.8, 4) is 0 Å². The molecule has 0 aliphatic heterocycles. The van der Waals surface area contributed by atoms with Crippen LogP contribution in [0.25, 0.3) is 0 Å². The van der Waals surface area contributed by atoms with Gasteiger partial charge in [-0.2, -0.15) is 0 Å². The lowest BCUT2D eigenvalue weighted by Crippen LogP contribution is -2.24. The maximum atomic E-state index is 13.2. The van der Waals surface area contributed by atoms with Crippen LogP contribution >= 0.6 is 0 Å². The molecule has 0 amide bonds. The van der Waals surface area contributed by atoms with E-state index in [0.29, 0.717) is 11.1 Å². The summed E-state index contributed by atoms with van der Waals surface area (Å²) < 4.78 is 44.6. The lowest BCUT2D eigenvalue weighted by molar-refractivity contribution is 0.561. The van der Waals surface area contributed by atoms with Crippen molar-refractivity contribution < 1.29 is 17.2 Å². The van der Waals surface area contributed by atoms with Gasteiger partial charge in [0.2, 0.25) is 10.0 Å². The highest BCUT2D eigenvalue weighted by molar-refractivity contribution is 7.89. The number of nitrogen functional groups attached to an aromatic ring is 1. The molecule has 0 saturated heterocycles. The molecule has 102 valence electrons. The number of aryl methyl sites for hydroxylation is 1. The van der Waals surface area contributed by atoms with E-state index in [1.807, 2.05) is 0 Å². The van der Waals surface area contributed by atoms with E-state index in [0.717, 1.165) is 12.1 Å². The third-order valence-electron chi connectivity index (χ3n) is 2.63. The quantitative estimate of drug-likeness (QED) is 0.838. The van der Waals surface area contributed by atoms with E-state index in [9.17, 15) is 12.8 Å².